The van der Waals surface area contributed by atoms with Gasteiger partial charge in [0.05, 0.1) is 11.2 Å². The second-order valence-corrected chi connectivity index (χ2v) is 6.51. The maximum absolute atomic E-state index is 11.3. The van der Waals surface area contributed by atoms with Crippen LogP contribution in [0.1, 0.15) is 26.2 Å². The predicted octanol–water partition coefficient (Wildman–Crippen LogP) is 0.920. The van der Waals surface area contributed by atoms with Gasteiger partial charge >= 0.3 is 5.97 Å². The molecule has 4 nitrogen and oxygen atoms in total. The number of sulfone groups is 1. The average molecular weight is 220 g/mol. The highest BCUT2D eigenvalue weighted by atomic mass is 32.2. The quantitative estimate of drug-likeness (QED) is 0.751. The monoisotopic (exact) mass is 220 g/mol. The van der Waals surface area contributed by atoms with E-state index in [9.17, 15) is 13.2 Å². The molecule has 0 heterocycles. The van der Waals surface area contributed by atoms with Gasteiger partial charge in [0.2, 0.25) is 0 Å². The Bertz CT molecular complexity index is 320. The van der Waals surface area contributed by atoms with E-state index in [0.717, 1.165) is 0 Å². The van der Waals surface area contributed by atoms with Crippen molar-refractivity contribution >= 4 is 15.8 Å². The highest BCUT2D eigenvalue weighted by Crippen LogP contribution is 2.33. The summed E-state index contributed by atoms with van der Waals surface area (Å²) in [5.74, 6) is -1.21. The van der Waals surface area contributed by atoms with Crippen LogP contribution in [-0.2, 0) is 14.6 Å². The Morgan fingerprint density at radius 2 is 1.93 bits per heavy atom. The van der Waals surface area contributed by atoms with E-state index in [1.807, 2.05) is 6.92 Å². The lowest BCUT2D eigenvalue weighted by Crippen LogP contribution is -2.34. The number of carboxylic acids is 1. The van der Waals surface area contributed by atoms with Crippen molar-refractivity contribution in [1.29, 1.82) is 0 Å². The molecule has 0 aromatic rings. The van der Waals surface area contributed by atoms with Crippen LogP contribution in [0.3, 0.4) is 0 Å². The molecule has 0 aliphatic heterocycles. The van der Waals surface area contributed by atoms with Crippen molar-refractivity contribution in [2.75, 3.05) is 6.26 Å². The van der Waals surface area contributed by atoms with Crippen LogP contribution in [0.25, 0.3) is 0 Å². The standard InChI is InChI=1S/C9H16O4S/c1-6-5-7(14(2,12)13)3-4-8(6)9(10)11/h6-8H,3-5H2,1-2H3,(H,10,11). The lowest BCUT2D eigenvalue weighted by Gasteiger charge is -2.30. The smallest absolute Gasteiger partial charge is 0.306 e. The fourth-order valence-corrected chi connectivity index (χ4v) is 3.32. The van der Waals surface area contributed by atoms with Crippen molar-refractivity contribution in [1.82, 2.24) is 0 Å². The number of hydrogen-bond donors (Lipinski definition) is 1. The molecule has 1 saturated carbocycles. The Kier molecular flexibility index (Phi) is 3.19. The second-order valence-electron chi connectivity index (χ2n) is 4.19. The van der Waals surface area contributed by atoms with Crippen LogP contribution in [0.15, 0.2) is 0 Å². The molecule has 0 saturated heterocycles. The van der Waals surface area contributed by atoms with Crippen LogP contribution < -0.4 is 0 Å². The van der Waals surface area contributed by atoms with E-state index in [1.165, 1.54) is 6.26 Å². The van der Waals surface area contributed by atoms with Crippen LogP contribution in [0, 0.1) is 11.8 Å². The highest BCUT2D eigenvalue weighted by Gasteiger charge is 2.35. The molecule has 1 N–H and O–H groups in total. The zero-order valence-corrected chi connectivity index (χ0v) is 9.25. The minimum absolute atomic E-state index is 0.0408. The SMILES string of the molecule is CC1CC(S(C)(=O)=O)CCC1C(=O)O. The topological polar surface area (TPSA) is 71.4 Å². The Morgan fingerprint density at radius 1 is 1.36 bits per heavy atom. The largest absolute Gasteiger partial charge is 0.481 e. The third-order valence-electron chi connectivity index (χ3n) is 3.04. The first-order chi connectivity index (χ1) is 6.32. The van der Waals surface area contributed by atoms with E-state index in [-0.39, 0.29) is 17.1 Å². The fraction of sp³-hybridized carbons (Fsp3) is 0.889. The first kappa shape index (κ1) is 11.5. The molecule has 14 heavy (non-hydrogen) atoms. The first-order valence-electron chi connectivity index (χ1n) is 4.74. The van der Waals surface area contributed by atoms with Gasteiger partial charge in [-0.2, -0.15) is 0 Å². The molecule has 0 radical (unpaired) electrons. The van der Waals surface area contributed by atoms with Gasteiger partial charge in [-0.15, -0.1) is 0 Å². The van der Waals surface area contributed by atoms with Crippen molar-refractivity contribution in [3.63, 3.8) is 0 Å². The molecule has 0 amide bonds. The zero-order chi connectivity index (χ0) is 10.9. The van der Waals surface area contributed by atoms with Gasteiger partial charge in [0.1, 0.15) is 9.84 Å². The van der Waals surface area contributed by atoms with Crippen molar-refractivity contribution in [2.45, 2.75) is 31.4 Å². The molecule has 0 aromatic carbocycles. The van der Waals surface area contributed by atoms with E-state index < -0.39 is 15.8 Å². The predicted molar refractivity (Wildman–Crippen MR) is 52.8 cm³/mol. The number of hydrogen-bond acceptors (Lipinski definition) is 3. The maximum atomic E-state index is 11.3. The Labute approximate surface area is 84.2 Å². The third-order valence-corrected chi connectivity index (χ3v) is 4.68. The van der Waals surface area contributed by atoms with Crippen LogP contribution in [0.2, 0.25) is 0 Å². The van der Waals surface area contributed by atoms with Crippen molar-refractivity contribution in [3.05, 3.63) is 0 Å². The summed E-state index contributed by atoms with van der Waals surface area (Å²) in [5, 5.41) is 8.51. The van der Waals surface area contributed by atoms with Gasteiger partial charge < -0.3 is 5.11 Å². The molecule has 5 heteroatoms. The Hall–Kier alpha value is -0.580. The van der Waals surface area contributed by atoms with E-state index >= 15 is 0 Å². The number of aliphatic carboxylic acids is 1. The zero-order valence-electron chi connectivity index (χ0n) is 8.43. The summed E-state index contributed by atoms with van der Waals surface area (Å²) in [6, 6.07) is 0. The fourth-order valence-electron chi connectivity index (χ4n) is 2.10. The molecular weight excluding hydrogens is 204 g/mol. The molecule has 3 unspecified atom stereocenters. The van der Waals surface area contributed by atoms with Crippen LogP contribution in [-0.4, -0.2) is 31.0 Å². The second kappa shape index (κ2) is 3.88. The molecule has 1 rings (SSSR count). The Balaban J connectivity index is 2.69. The lowest BCUT2D eigenvalue weighted by molar-refractivity contribution is -0.144. The van der Waals surface area contributed by atoms with E-state index in [2.05, 4.69) is 0 Å². The van der Waals surface area contributed by atoms with Crippen molar-refractivity contribution in [3.8, 4) is 0 Å². The molecule has 82 valence electrons. The van der Waals surface area contributed by atoms with Gasteiger partial charge in [0, 0.05) is 6.26 Å². The van der Waals surface area contributed by atoms with Crippen molar-refractivity contribution < 1.29 is 18.3 Å². The van der Waals surface area contributed by atoms with E-state index in [1.54, 1.807) is 0 Å². The minimum atomic E-state index is -3.00. The van der Waals surface area contributed by atoms with Crippen LogP contribution >= 0.6 is 0 Å². The number of rotatable bonds is 2. The molecule has 0 aromatic heterocycles. The number of carbonyl (C=O) groups is 1. The molecule has 1 aliphatic rings. The highest BCUT2D eigenvalue weighted by molar-refractivity contribution is 7.91. The third kappa shape index (κ3) is 2.47. The van der Waals surface area contributed by atoms with Gasteiger partial charge in [-0.3, -0.25) is 4.79 Å². The molecule has 1 aliphatic carbocycles. The Morgan fingerprint density at radius 3 is 2.29 bits per heavy atom. The molecular formula is C9H16O4S. The van der Waals surface area contributed by atoms with Gasteiger partial charge in [0.25, 0.3) is 0 Å². The summed E-state index contributed by atoms with van der Waals surface area (Å²) in [6.07, 6.45) is 2.68. The van der Waals surface area contributed by atoms with Gasteiger partial charge in [-0.05, 0) is 25.2 Å². The van der Waals surface area contributed by atoms with Crippen LogP contribution in [0.5, 0.6) is 0 Å². The summed E-state index contributed by atoms with van der Waals surface area (Å²) >= 11 is 0. The maximum Gasteiger partial charge on any atom is 0.306 e. The summed E-state index contributed by atoms with van der Waals surface area (Å²) in [6.45, 7) is 1.82. The summed E-state index contributed by atoms with van der Waals surface area (Å²) in [7, 11) is -3.00. The normalized spacial score (nSPS) is 34.0. The summed E-state index contributed by atoms with van der Waals surface area (Å²) in [5.41, 5.74) is 0. The van der Waals surface area contributed by atoms with E-state index in [4.69, 9.17) is 5.11 Å². The molecule has 0 bridgehead atoms. The number of carboxylic acid groups (broad SMARTS) is 1. The van der Waals surface area contributed by atoms with Gasteiger partial charge in [-0.1, -0.05) is 6.92 Å². The first-order valence-corrected chi connectivity index (χ1v) is 6.69. The molecule has 3 atom stereocenters. The molecule has 0 spiro atoms. The van der Waals surface area contributed by atoms with Gasteiger partial charge in [-0.25, -0.2) is 8.42 Å². The van der Waals surface area contributed by atoms with Crippen molar-refractivity contribution in [2.24, 2.45) is 11.8 Å². The van der Waals surface area contributed by atoms with Gasteiger partial charge in [0.15, 0.2) is 0 Å². The minimum Gasteiger partial charge on any atom is -0.481 e. The lowest BCUT2D eigenvalue weighted by atomic mass is 9.80. The summed E-state index contributed by atoms with van der Waals surface area (Å²) < 4.78 is 22.5. The average Bonchev–Trinajstić information content (AvgIpc) is 2.01. The molecule has 1 fully saturated rings. The van der Waals surface area contributed by atoms with Crippen LogP contribution in [0.4, 0.5) is 0 Å². The van der Waals surface area contributed by atoms with E-state index in [0.29, 0.717) is 19.3 Å². The summed E-state index contributed by atoms with van der Waals surface area (Å²) in [4.78, 5) is 10.8.